The minimum atomic E-state index is 0. The third kappa shape index (κ3) is 8.18. The van der Waals surface area contributed by atoms with E-state index in [0.717, 1.165) is 6.54 Å². The molecule has 15 heavy (non-hydrogen) atoms. The molecule has 0 fully saturated rings. The van der Waals surface area contributed by atoms with E-state index in [-0.39, 0.29) is 50.9 Å². The van der Waals surface area contributed by atoms with E-state index in [0.29, 0.717) is 5.92 Å². The van der Waals surface area contributed by atoms with E-state index < -0.39 is 0 Å². The van der Waals surface area contributed by atoms with Gasteiger partial charge in [-0.2, -0.15) is 0 Å². The smallest absolute Gasteiger partial charge is 1.00 e. The van der Waals surface area contributed by atoms with Crippen LogP contribution in [0.3, 0.4) is 0 Å². The van der Waals surface area contributed by atoms with Gasteiger partial charge in [0.25, 0.3) is 0 Å². The van der Waals surface area contributed by atoms with Gasteiger partial charge in [-0.3, -0.25) is 0 Å². The molecule has 1 nitrogen and oxygen atoms in total. The Balaban J connectivity index is -0.000000480. The summed E-state index contributed by atoms with van der Waals surface area (Å²) in [6, 6.07) is 10.7. The van der Waals surface area contributed by atoms with Gasteiger partial charge in [0.2, 0.25) is 0 Å². The van der Waals surface area contributed by atoms with Crippen molar-refractivity contribution in [1.82, 2.24) is 5.32 Å². The van der Waals surface area contributed by atoms with Crippen molar-refractivity contribution in [1.29, 1.82) is 0 Å². The van der Waals surface area contributed by atoms with Crippen LogP contribution < -0.4 is 56.3 Å². The molecule has 0 bridgehead atoms. The molecule has 0 saturated carbocycles. The Labute approximate surface area is 137 Å². The van der Waals surface area contributed by atoms with Crippen molar-refractivity contribution in [3.63, 3.8) is 0 Å². The Morgan fingerprint density at radius 1 is 1.13 bits per heavy atom. The van der Waals surface area contributed by atoms with Crippen molar-refractivity contribution < 1.29 is 50.9 Å². The predicted molar refractivity (Wildman–Crippen MR) is 53.7 cm³/mol. The molecule has 5 heteroatoms. The molecule has 1 N–H and O–H groups in total. The number of benzene rings is 1. The summed E-state index contributed by atoms with van der Waals surface area (Å²) in [7, 11) is 2.02. The molecule has 0 heterocycles. The first-order valence-electron chi connectivity index (χ1n) is 4.22. The van der Waals surface area contributed by atoms with Gasteiger partial charge in [-0.25, -0.2) is 0 Å². The molecule has 1 unspecified atom stereocenters. The molecule has 84 valence electrons. The average Bonchev–Trinajstić information content (AvgIpc) is 2.15. The van der Waals surface area contributed by atoms with Crippen molar-refractivity contribution in [3.05, 3.63) is 35.9 Å². The molecule has 0 amide bonds. The van der Waals surface area contributed by atoms with Gasteiger partial charge in [0, 0.05) is 0 Å². The van der Waals surface area contributed by atoms with Gasteiger partial charge in [-0.15, -0.1) is 0 Å². The summed E-state index contributed by atoms with van der Waals surface area (Å²) in [5.74, 6) is 0.703. The van der Waals surface area contributed by atoms with Gasteiger partial charge in [-0.05, 0) is 0 Å². The van der Waals surface area contributed by atoms with Crippen LogP contribution in [0.15, 0.2) is 30.3 Å². The molecule has 0 spiro atoms. The molecule has 0 radical (unpaired) electrons. The number of likely N-dealkylation sites (N-methyl/N-ethyl adjacent to an activating group) is 1. The number of halogens is 3. The van der Waals surface area contributed by atoms with Gasteiger partial charge in [0.1, 0.15) is 0 Å². The molecule has 0 saturated heterocycles. The summed E-state index contributed by atoms with van der Waals surface area (Å²) in [4.78, 5) is 0. The summed E-state index contributed by atoms with van der Waals surface area (Å²) in [5.41, 5.74) is 1.46. The van der Waals surface area contributed by atoms with E-state index in [9.17, 15) is 0 Å². The maximum Gasteiger partial charge on any atom is -1.00 e. The maximum atomic E-state index is 3.23. The summed E-state index contributed by atoms with van der Waals surface area (Å²) >= 11 is 1.62. The van der Waals surface area contributed by atoms with Gasteiger partial charge in [0.15, 0.2) is 0 Å². The van der Waals surface area contributed by atoms with Crippen LogP contribution in [0.4, 0.5) is 0 Å². The first kappa shape index (κ1) is 21.7. The third-order valence-corrected chi connectivity index (χ3v) is 3.37. The topological polar surface area (TPSA) is 12.0 Å². The normalized spacial score (nSPS) is 10.3. The molecule has 0 aliphatic heterocycles. The molecule has 0 aliphatic carbocycles. The van der Waals surface area contributed by atoms with E-state index >= 15 is 0 Å². The fourth-order valence-corrected chi connectivity index (χ4v) is 2.36. The zero-order valence-electron chi connectivity index (χ0n) is 8.51. The van der Waals surface area contributed by atoms with Gasteiger partial charge >= 0.3 is 87.7 Å². The van der Waals surface area contributed by atoms with E-state index in [1.54, 1.807) is 22.5 Å². The fourth-order valence-electron chi connectivity index (χ4n) is 1.28. The van der Waals surface area contributed by atoms with Crippen LogP contribution in [-0.4, -0.2) is 36.1 Å². The quantitative estimate of drug-likeness (QED) is 0.401. The van der Waals surface area contributed by atoms with Crippen LogP contribution in [0.5, 0.6) is 0 Å². The SMILES string of the molecule is CNCC([CH2][Sn+3])c1ccccc1.[Br-].[Br-].[Br-]. The second-order valence-corrected chi connectivity index (χ2v) is 4.03. The van der Waals surface area contributed by atoms with Crippen molar-refractivity contribution in [2.24, 2.45) is 0 Å². The van der Waals surface area contributed by atoms with Gasteiger partial charge in [-0.1, -0.05) is 0 Å². The Bertz CT molecular complexity index is 221. The molecule has 1 aromatic carbocycles. The predicted octanol–water partition coefficient (Wildman–Crippen LogP) is -7.41. The molecule has 1 aromatic rings. The summed E-state index contributed by atoms with van der Waals surface area (Å²) in [6.07, 6.45) is 0. The molecular formula is C10H14Br3NSn. The number of nitrogens with one attached hydrogen (secondary N) is 1. The Morgan fingerprint density at radius 3 is 2.07 bits per heavy atom. The van der Waals surface area contributed by atoms with Crippen molar-refractivity contribution >= 4 is 22.5 Å². The minimum Gasteiger partial charge on any atom is -1.00 e. The summed E-state index contributed by atoms with van der Waals surface area (Å²) in [6.45, 7) is 1.09. The zero-order valence-corrected chi connectivity index (χ0v) is 16.1. The van der Waals surface area contributed by atoms with Crippen LogP contribution in [0.1, 0.15) is 11.5 Å². The monoisotopic (exact) mass is 505 g/mol. The second kappa shape index (κ2) is 13.5. The molecule has 0 aromatic heterocycles. The first-order chi connectivity index (χ1) is 5.88. The number of hydrogen-bond acceptors (Lipinski definition) is 1. The van der Waals surface area contributed by atoms with Gasteiger partial charge < -0.3 is 50.9 Å². The molecule has 1 atom stereocenters. The second-order valence-electron chi connectivity index (χ2n) is 2.87. The van der Waals surface area contributed by atoms with Crippen LogP contribution in [0.2, 0.25) is 4.44 Å². The summed E-state index contributed by atoms with van der Waals surface area (Å²) < 4.78 is 1.29. The molecule has 0 aliphatic rings. The Morgan fingerprint density at radius 2 is 1.67 bits per heavy atom. The molecule has 1 rings (SSSR count). The third-order valence-electron chi connectivity index (χ3n) is 1.97. The maximum absolute atomic E-state index is 3.23. The first-order valence-corrected chi connectivity index (χ1v) is 6.24. The zero-order chi connectivity index (χ0) is 8.81. The number of rotatable bonds is 4. The Hall–Kier alpha value is 1.42. The van der Waals surface area contributed by atoms with Crippen molar-refractivity contribution in [2.75, 3.05) is 13.6 Å². The largest absolute Gasteiger partial charge is 1.00 e. The van der Waals surface area contributed by atoms with Crippen LogP contribution in [0.25, 0.3) is 0 Å². The van der Waals surface area contributed by atoms with E-state index in [4.69, 9.17) is 0 Å². The van der Waals surface area contributed by atoms with Crippen molar-refractivity contribution in [3.8, 4) is 0 Å². The van der Waals surface area contributed by atoms with E-state index in [2.05, 4.69) is 35.6 Å². The minimum absolute atomic E-state index is 0. The van der Waals surface area contributed by atoms with E-state index in [1.807, 2.05) is 7.05 Å². The Kier molecular flexibility index (Phi) is 19.5. The average molecular weight is 507 g/mol. The van der Waals surface area contributed by atoms with E-state index in [1.165, 1.54) is 10.0 Å². The van der Waals surface area contributed by atoms with Crippen LogP contribution in [-0.2, 0) is 0 Å². The number of hydrogen-bond donors (Lipinski definition) is 1. The standard InChI is InChI=1S/C10H14N.3BrH.Sn/c1-9(8-11-2)10-6-4-3-5-7-10;;;;/h3-7,9,11H,1,8H2,2H3;3*1H;/q;;;;+3/p-3. The van der Waals surface area contributed by atoms with Gasteiger partial charge in [0.05, 0.1) is 0 Å². The van der Waals surface area contributed by atoms with Crippen LogP contribution in [0, 0.1) is 0 Å². The van der Waals surface area contributed by atoms with Crippen LogP contribution >= 0.6 is 0 Å². The fraction of sp³-hybridized carbons (Fsp3) is 0.400. The summed E-state index contributed by atoms with van der Waals surface area (Å²) in [5, 5.41) is 3.23. The van der Waals surface area contributed by atoms with Crippen molar-refractivity contribution in [2.45, 2.75) is 10.4 Å². The molecular weight excluding hydrogens is 493 g/mol.